The van der Waals surface area contributed by atoms with Gasteiger partial charge < -0.3 is 9.47 Å². The number of ether oxygens (including phenoxy) is 2. The van der Waals surface area contributed by atoms with Crippen molar-refractivity contribution in [3.05, 3.63) is 12.2 Å². The standard InChI is InChI=1S/C18H26O2/c1-2-15(20-5-1)10-19-9-14-7-13-8-16(14)18-12-4-3-11(6-12)17(13)18/h3-4,11-18H,1-2,5-10H2. The van der Waals surface area contributed by atoms with Crippen LogP contribution in [0.1, 0.15) is 32.1 Å². The van der Waals surface area contributed by atoms with Gasteiger partial charge >= 0.3 is 0 Å². The normalized spacial score (nSPS) is 55.0. The number of hydrogen-bond donors (Lipinski definition) is 0. The summed E-state index contributed by atoms with van der Waals surface area (Å²) in [6.45, 7) is 2.79. The Kier molecular flexibility index (Phi) is 2.80. The molecule has 1 saturated heterocycles. The van der Waals surface area contributed by atoms with Crippen LogP contribution in [0.4, 0.5) is 0 Å². The quantitative estimate of drug-likeness (QED) is 0.578. The molecule has 4 bridgehead atoms. The van der Waals surface area contributed by atoms with Gasteiger partial charge in [0, 0.05) is 13.2 Å². The molecule has 0 amide bonds. The molecule has 5 aliphatic rings. The fourth-order valence-corrected chi connectivity index (χ4v) is 6.47. The zero-order chi connectivity index (χ0) is 13.1. The van der Waals surface area contributed by atoms with Gasteiger partial charge in [-0.1, -0.05) is 12.2 Å². The minimum atomic E-state index is 0.395. The zero-order valence-corrected chi connectivity index (χ0v) is 12.2. The highest BCUT2D eigenvalue weighted by atomic mass is 16.5. The Balaban J connectivity index is 1.19. The summed E-state index contributed by atoms with van der Waals surface area (Å²) < 4.78 is 11.7. The second-order valence-corrected chi connectivity index (χ2v) is 7.93. The van der Waals surface area contributed by atoms with Crippen LogP contribution >= 0.6 is 0 Å². The van der Waals surface area contributed by atoms with E-state index < -0.39 is 0 Å². The molecule has 3 saturated carbocycles. The van der Waals surface area contributed by atoms with E-state index in [-0.39, 0.29) is 0 Å². The van der Waals surface area contributed by atoms with Gasteiger partial charge in [-0.3, -0.25) is 0 Å². The minimum Gasteiger partial charge on any atom is -0.378 e. The molecule has 1 heterocycles. The van der Waals surface area contributed by atoms with Crippen LogP contribution in [0.5, 0.6) is 0 Å². The van der Waals surface area contributed by atoms with Crippen LogP contribution in [-0.2, 0) is 9.47 Å². The van der Waals surface area contributed by atoms with Gasteiger partial charge in [0.25, 0.3) is 0 Å². The average molecular weight is 274 g/mol. The van der Waals surface area contributed by atoms with Crippen LogP contribution < -0.4 is 0 Å². The largest absolute Gasteiger partial charge is 0.378 e. The van der Waals surface area contributed by atoms with E-state index in [0.717, 1.165) is 61.2 Å². The molecule has 5 rings (SSSR count). The smallest absolute Gasteiger partial charge is 0.0809 e. The Morgan fingerprint density at radius 3 is 2.75 bits per heavy atom. The van der Waals surface area contributed by atoms with Crippen LogP contribution in [-0.4, -0.2) is 25.9 Å². The molecule has 8 unspecified atom stereocenters. The first-order valence-electron chi connectivity index (χ1n) is 8.78. The summed E-state index contributed by atoms with van der Waals surface area (Å²) in [6.07, 6.45) is 12.3. The van der Waals surface area contributed by atoms with Crippen molar-refractivity contribution in [3.8, 4) is 0 Å². The minimum absolute atomic E-state index is 0.395. The lowest BCUT2D eigenvalue weighted by Crippen LogP contribution is -2.33. The molecule has 2 heteroatoms. The maximum Gasteiger partial charge on any atom is 0.0809 e. The van der Waals surface area contributed by atoms with Crippen molar-refractivity contribution in [2.75, 3.05) is 19.8 Å². The maximum absolute atomic E-state index is 6.04. The highest BCUT2D eigenvalue weighted by molar-refractivity contribution is 5.20. The van der Waals surface area contributed by atoms with Gasteiger partial charge in [0.15, 0.2) is 0 Å². The van der Waals surface area contributed by atoms with Gasteiger partial charge in [0.1, 0.15) is 0 Å². The van der Waals surface area contributed by atoms with Crippen molar-refractivity contribution < 1.29 is 9.47 Å². The third-order valence-electron chi connectivity index (χ3n) is 7.07. The van der Waals surface area contributed by atoms with E-state index in [4.69, 9.17) is 9.47 Å². The number of allylic oxidation sites excluding steroid dienone is 2. The monoisotopic (exact) mass is 274 g/mol. The number of rotatable bonds is 4. The van der Waals surface area contributed by atoms with Gasteiger partial charge in [-0.25, -0.2) is 0 Å². The van der Waals surface area contributed by atoms with Crippen molar-refractivity contribution in [1.29, 1.82) is 0 Å². The molecule has 8 atom stereocenters. The summed E-state index contributed by atoms with van der Waals surface area (Å²) in [5.41, 5.74) is 0. The fraction of sp³-hybridized carbons (Fsp3) is 0.889. The first-order valence-corrected chi connectivity index (χ1v) is 8.78. The maximum atomic E-state index is 6.04. The van der Waals surface area contributed by atoms with Crippen LogP contribution in [0.25, 0.3) is 0 Å². The molecule has 1 aliphatic heterocycles. The number of hydrogen-bond acceptors (Lipinski definition) is 2. The van der Waals surface area contributed by atoms with Crippen LogP contribution in [0.2, 0.25) is 0 Å². The molecule has 110 valence electrons. The third-order valence-corrected chi connectivity index (χ3v) is 7.07. The van der Waals surface area contributed by atoms with Crippen molar-refractivity contribution in [3.63, 3.8) is 0 Å². The zero-order valence-electron chi connectivity index (χ0n) is 12.2. The Labute approximate surface area is 121 Å². The van der Waals surface area contributed by atoms with Gasteiger partial charge in [-0.2, -0.15) is 0 Å². The SMILES string of the molecule is C1=CC2CC1C1C3CC(COCC4CCCO4)C(C3)C21. The molecular weight excluding hydrogens is 248 g/mol. The molecule has 0 N–H and O–H groups in total. The predicted octanol–water partition coefficient (Wildman–Crippen LogP) is 3.28. The topological polar surface area (TPSA) is 18.5 Å². The van der Waals surface area contributed by atoms with Crippen LogP contribution in [0.3, 0.4) is 0 Å². The Hall–Kier alpha value is -0.340. The van der Waals surface area contributed by atoms with Crippen molar-refractivity contribution in [2.24, 2.45) is 41.4 Å². The second-order valence-electron chi connectivity index (χ2n) is 7.93. The predicted molar refractivity (Wildman–Crippen MR) is 77.2 cm³/mol. The summed E-state index contributed by atoms with van der Waals surface area (Å²) in [5, 5.41) is 0. The first kappa shape index (κ1) is 12.2. The molecular formula is C18H26O2. The summed E-state index contributed by atoms with van der Waals surface area (Å²) in [5.74, 6) is 6.84. The molecule has 0 radical (unpaired) electrons. The lowest BCUT2D eigenvalue weighted by Gasteiger charge is -2.36. The highest BCUT2D eigenvalue weighted by Crippen LogP contribution is 2.66. The highest BCUT2D eigenvalue weighted by Gasteiger charge is 2.60. The van der Waals surface area contributed by atoms with Crippen LogP contribution in [0, 0.1) is 41.4 Å². The second kappa shape index (κ2) is 4.58. The van der Waals surface area contributed by atoms with E-state index in [9.17, 15) is 0 Å². The van der Waals surface area contributed by atoms with Gasteiger partial charge in [0.05, 0.1) is 12.7 Å². The van der Waals surface area contributed by atoms with E-state index in [0.29, 0.717) is 6.10 Å². The molecule has 0 spiro atoms. The summed E-state index contributed by atoms with van der Waals surface area (Å²) in [6, 6.07) is 0. The molecule has 4 aliphatic carbocycles. The number of fused-ring (bicyclic) bond motifs is 9. The lowest BCUT2D eigenvalue weighted by atomic mass is 9.69. The van der Waals surface area contributed by atoms with E-state index >= 15 is 0 Å². The Bertz CT molecular complexity index is 412. The summed E-state index contributed by atoms with van der Waals surface area (Å²) in [7, 11) is 0. The van der Waals surface area contributed by atoms with Gasteiger partial charge in [-0.05, 0) is 73.5 Å². The van der Waals surface area contributed by atoms with E-state index in [2.05, 4.69) is 12.2 Å². The van der Waals surface area contributed by atoms with E-state index in [1.807, 2.05) is 0 Å². The molecule has 20 heavy (non-hydrogen) atoms. The summed E-state index contributed by atoms with van der Waals surface area (Å²) in [4.78, 5) is 0. The molecule has 0 aromatic rings. The molecule has 0 aromatic heterocycles. The third kappa shape index (κ3) is 1.70. The first-order chi connectivity index (χ1) is 9.90. The summed E-state index contributed by atoms with van der Waals surface area (Å²) >= 11 is 0. The molecule has 2 nitrogen and oxygen atoms in total. The lowest BCUT2D eigenvalue weighted by molar-refractivity contribution is -0.0107. The molecule has 0 aromatic carbocycles. The van der Waals surface area contributed by atoms with Crippen molar-refractivity contribution in [1.82, 2.24) is 0 Å². The van der Waals surface area contributed by atoms with Crippen molar-refractivity contribution >= 4 is 0 Å². The fourth-order valence-electron chi connectivity index (χ4n) is 6.47. The van der Waals surface area contributed by atoms with Gasteiger partial charge in [0.2, 0.25) is 0 Å². The van der Waals surface area contributed by atoms with Crippen molar-refractivity contribution in [2.45, 2.75) is 38.2 Å². The molecule has 4 fully saturated rings. The Morgan fingerprint density at radius 2 is 1.90 bits per heavy atom. The Morgan fingerprint density at radius 1 is 1.00 bits per heavy atom. The van der Waals surface area contributed by atoms with Gasteiger partial charge in [-0.15, -0.1) is 0 Å². The average Bonchev–Trinajstić information content (AvgIpc) is 3.24. The van der Waals surface area contributed by atoms with Crippen LogP contribution in [0.15, 0.2) is 12.2 Å². The van der Waals surface area contributed by atoms with E-state index in [1.54, 1.807) is 0 Å². The van der Waals surface area contributed by atoms with E-state index in [1.165, 1.54) is 32.1 Å².